The summed E-state index contributed by atoms with van der Waals surface area (Å²) in [6.07, 6.45) is 1.24. The Morgan fingerprint density at radius 3 is 2.23 bits per heavy atom. The average Bonchev–Trinajstić information content (AvgIpc) is 2.85. The van der Waals surface area contributed by atoms with E-state index in [1.54, 1.807) is 11.0 Å². The van der Waals surface area contributed by atoms with Crippen LogP contribution >= 0.6 is 11.6 Å². The van der Waals surface area contributed by atoms with Gasteiger partial charge in [-0.1, -0.05) is 72.3 Å². The smallest absolute Gasteiger partial charge is 0.243 e. The first-order valence-electron chi connectivity index (χ1n) is 12.0. The molecule has 0 aliphatic carbocycles. The van der Waals surface area contributed by atoms with Gasteiger partial charge in [-0.05, 0) is 55.7 Å². The minimum Gasteiger partial charge on any atom is -0.494 e. The first-order valence-corrected chi connectivity index (χ1v) is 12.4. The van der Waals surface area contributed by atoms with Crippen LogP contribution in [0.2, 0.25) is 5.02 Å². The van der Waals surface area contributed by atoms with Crippen molar-refractivity contribution in [3.63, 3.8) is 0 Å². The average molecular weight is 493 g/mol. The van der Waals surface area contributed by atoms with Crippen LogP contribution in [-0.2, 0) is 22.6 Å². The SMILES string of the molecule is CC(C)NC(=O)[C@@H](Cc1ccccc1)N(Cc1cccc(Cl)c1)C(=O)CCCOc1ccccc1. The number of nitrogens with zero attached hydrogens (tertiary/aromatic N) is 1. The maximum Gasteiger partial charge on any atom is 0.243 e. The van der Waals surface area contributed by atoms with E-state index in [1.165, 1.54) is 0 Å². The van der Waals surface area contributed by atoms with Crippen LogP contribution in [0.4, 0.5) is 0 Å². The van der Waals surface area contributed by atoms with Crippen molar-refractivity contribution in [1.29, 1.82) is 0 Å². The largest absolute Gasteiger partial charge is 0.494 e. The molecule has 1 atom stereocenters. The predicted octanol–water partition coefficient (Wildman–Crippen LogP) is 5.66. The van der Waals surface area contributed by atoms with E-state index in [9.17, 15) is 9.59 Å². The van der Waals surface area contributed by atoms with Gasteiger partial charge in [0.15, 0.2) is 0 Å². The number of para-hydroxylation sites is 1. The van der Waals surface area contributed by atoms with Gasteiger partial charge in [0.05, 0.1) is 6.61 Å². The molecule has 3 rings (SSSR count). The van der Waals surface area contributed by atoms with Crippen molar-refractivity contribution in [3.8, 4) is 5.75 Å². The number of ether oxygens (including phenoxy) is 1. The molecule has 0 unspecified atom stereocenters. The van der Waals surface area contributed by atoms with Crippen LogP contribution < -0.4 is 10.1 Å². The Bertz CT molecular complexity index is 1070. The lowest BCUT2D eigenvalue weighted by Gasteiger charge is -2.32. The third-order valence-corrected chi connectivity index (χ3v) is 5.73. The summed E-state index contributed by atoms with van der Waals surface area (Å²) in [6, 6.07) is 26.0. The normalized spacial score (nSPS) is 11.7. The highest BCUT2D eigenvalue weighted by Gasteiger charge is 2.30. The van der Waals surface area contributed by atoms with Crippen molar-refractivity contribution in [2.75, 3.05) is 6.61 Å². The molecule has 35 heavy (non-hydrogen) atoms. The predicted molar refractivity (Wildman–Crippen MR) is 140 cm³/mol. The molecular weight excluding hydrogens is 460 g/mol. The molecule has 1 N–H and O–H groups in total. The Hall–Kier alpha value is -3.31. The van der Waals surface area contributed by atoms with Gasteiger partial charge in [-0.2, -0.15) is 0 Å². The summed E-state index contributed by atoms with van der Waals surface area (Å²) in [6.45, 7) is 4.55. The van der Waals surface area contributed by atoms with Crippen LogP contribution in [-0.4, -0.2) is 35.4 Å². The molecule has 0 spiro atoms. The summed E-state index contributed by atoms with van der Waals surface area (Å²) < 4.78 is 5.76. The number of amides is 2. The summed E-state index contributed by atoms with van der Waals surface area (Å²) in [4.78, 5) is 28.5. The number of carbonyl (C=O) groups is 2. The van der Waals surface area contributed by atoms with Gasteiger partial charge in [0.25, 0.3) is 0 Å². The highest BCUT2D eigenvalue weighted by Crippen LogP contribution is 2.19. The van der Waals surface area contributed by atoms with Gasteiger partial charge in [-0.25, -0.2) is 0 Å². The molecule has 3 aromatic rings. The molecule has 0 aliphatic heterocycles. The minimum absolute atomic E-state index is 0.0387. The zero-order chi connectivity index (χ0) is 25.0. The number of halogens is 1. The van der Waals surface area contributed by atoms with Crippen LogP contribution in [0.3, 0.4) is 0 Å². The van der Waals surface area contributed by atoms with Gasteiger partial charge in [0.2, 0.25) is 11.8 Å². The maximum atomic E-state index is 13.5. The Kier molecular flexibility index (Phi) is 10.2. The number of nitrogens with one attached hydrogen (secondary N) is 1. The van der Waals surface area contributed by atoms with Gasteiger partial charge < -0.3 is 15.0 Å². The Balaban J connectivity index is 1.79. The van der Waals surface area contributed by atoms with Crippen molar-refractivity contribution < 1.29 is 14.3 Å². The first-order chi connectivity index (χ1) is 16.9. The van der Waals surface area contributed by atoms with Gasteiger partial charge in [-0.3, -0.25) is 9.59 Å². The van der Waals surface area contributed by atoms with E-state index in [2.05, 4.69) is 5.32 Å². The standard InChI is InChI=1S/C29H33ClN2O3/c1-22(2)31-29(34)27(20-23-11-5-3-6-12-23)32(21-24-13-9-14-25(30)19-24)28(33)17-10-18-35-26-15-7-4-8-16-26/h3-9,11-16,19,22,27H,10,17-18,20-21H2,1-2H3,(H,31,34)/t27-/m1/s1. The minimum atomic E-state index is -0.652. The summed E-state index contributed by atoms with van der Waals surface area (Å²) >= 11 is 6.21. The number of hydrogen-bond donors (Lipinski definition) is 1. The molecule has 5 nitrogen and oxygen atoms in total. The van der Waals surface area contributed by atoms with E-state index in [4.69, 9.17) is 16.3 Å². The molecule has 0 saturated carbocycles. The van der Waals surface area contributed by atoms with Gasteiger partial charge >= 0.3 is 0 Å². The van der Waals surface area contributed by atoms with Gasteiger partial charge in [-0.15, -0.1) is 0 Å². The molecule has 0 radical (unpaired) electrons. The zero-order valence-corrected chi connectivity index (χ0v) is 21.1. The number of benzene rings is 3. The number of rotatable bonds is 12. The molecule has 3 aromatic carbocycles. The van der Waals surface area contributed by atoms with Gasteiger partial charge in [0.1, 0.15) is 11.8 Å². The molecule has 0 saturated heterocycles. The van der Waals surface area contributed by atoms with E-state index in [0.29, 0.717) is 31.0 Å². The van der Waals surface area contributed by atoms with Gasteiger partial charge in [0, 0.05) is 30.5 Å². The van der Waals surface area contributed by atoms with E-state index < -0.39 is 6.04 Å². The molecule has 184 valence electrons. The molecule has 0 heterocycles. The maximum absolute atomic E-state index is 13.5. The van der Waals surface area contributed by atoms with E-state index in [-0.39, 0.29) is 24.3 Å². The Morgan fingerprint density at radius 1 is 0.914 bits per heavy atom. The second-order valence-electron chi connectivity index (χ2n) is 8.79. The summed E-state index contributed by atoms with van der Waals surface area (Å²) in [5.41, 5.74) is 1.87. The molecule has 0 aliphatic rings. The van der Waals surface area contributed by atoms with Crippen molar-refractivity contribution in [1.82, 2.24) is 10.2 Å². The Labute approximate surface area is 213 Å². The quantitative estimate of drug-likeness (QED) is 0.332. The molecule has 0 bridgehead atoms. The second-order valence-corrected chi connectivity index (χ2v) is 9.22. The van der Waals surface area contributed by atoms with E-state index in [0.717, 1.165) is 16.9 Å². The topological polar surface area (TPSA) is 58.6 Å². The Morgan fingerprint density at radius 2 is 1.57 bits per heavy atom. The zero-order valence-electron chi connectivity index (χ0n) is 20.3. The fourth-order valence-electron chi connectivity index (χ4n) is 3.84. The molecule has 0 fully saturated rings. The second kappa shape index (κ2) is 13.5. The summed E-state index contributed by atoms with van der Waals surface area (Å²) in [5.74, 6) is 0.509. The van der Waals surface area contributed by atoms with Crippen LogP contribution in [0.15, 0.2) is 84.9 Å². The van der Waals surface area contributed by atoms with Crippen molar-refractivity contribution in [2.24, 2.45) is 0 Å². The summed E-state index contributed by atoms with van der Waals surface area (Å²) in [5, 5.41) is 3.60. The highest BCUT2D eigenvalue weighted by molar-refractivity contribution is 6.30. The number of hydrogen-bond acceptors (Lipinski definition) is 3. The van der Waals surface area contributed by atoms with Crippen molar-refractivity contribution >= 4 is 23.4 Å². The lowest BCUT2D eigenvalue weighted by Crippen LogP contribution is -2.51. The number of carbonyl (C=O) groups excluding carboxylic acids is 2. The van der Waals surface area contributed by atoms with E-state index in [1.807, 2.05) is 92.7 Å². The molecule has 0 aromatic heterocycles. The monoisotopic (exact) mass is 492 g/mol. The van der Waals surface area contributed by atoms with Crippen LogP contribution in [0.1, 0.15) is 37.8 Å². The third-order valence-electron chi connectivity index (χ3n) is 5.49. The lowest BCUT2D eigenvalue weighted by atomic mass is 10.0. The van der Waals surface area contributed by atoms with Crippen LogP contribution in [0.25, 0.3) is 0 Å². The van der Waals surface area contributed by atoms with Crippen molar-refractivity contribution in [2.45, 2.75) is 51.7 Å². The fraction of sp³-hybridized carbons (Fsp3) is 0.310. The van der Waals surface area contributed by atoms with E-state index >= 15 is 0 Å². The van der Waals surface area contributed by atoms with Crippen LogP contribution in [0.5, 0.6) is 5.75 Å². The first kappa shape index (κ1) is 26.3. The molecular formula is C29H33ClN2O3. The lowest BCUT2D eigenvalue weighted by molar-refractivity contribution is -0.141. The summed E-state index contributed by atoms with van der Waals surface area (Å²) in [7, 11) is 0. The third kappa shape index (κ3) is 8.76. The molecule has 2 amide bonds. The fourth-order valence-corrected chi connectivity index (χ4v) is 4.05. The molecule has 6 heteroatoms. The van der Waals surface area contributed by atoms with Crippen molar-refractivity contribution in [3.05, 3.63) is 101 Å². The van der Waals surface area contributed by atoms with Crippen LogP contribution in [0, 0.1) is 0 Å². The highest BCUT2D eigenvalue weighted by atomic mass is 35.5.